The molecule has 0 fully saturated rings. The normalized spacial score (nSPS) is 14.8. The van der Waals surface area contributed by atoms with E-state index in [0.717, 1.165) is 63.5 Å². The van der Waals surface area contributed by atoms with Crippen LogP contribution in [0.25, 0.3) is 43.4 Å². The quantitative estimate of drug-likeness (QED) is 0.102. The molecular formula is C37H33N2O6S4+. The molecule has 2 heterocycles. The van der Waals surface area contributed by atoms with E-state index in [9.17, 15) is 25.9 Å². The minimum Gasteiger partial charge on any atom is -0.334 e. The minimum absolute atomic E-state index is 0.237. The van der Waals surface area contributed by atoms with Gasteiger partial charge in [0.2, 0.25) is 5.52 Å². The van der Waals surface area contributed by atoms with E-state index in [2.05, 4.69) is 70.1 Å². The molecule has 12 heteroatoms. The molecule has 0 bridgehead atoms. The standard InChI is InChI=1S/C37H32N2O6S4/c40-48(41,42)22-8-20-38-34(46-32-18-16-27-12-4-6-14-30(27)36(32)38)24-29(26-10-2-1-3-11-26)25-35-39(21-9-23-49(43,44)45)37-31-15-7-5-13-28(31)17-19-33(37)47-35/h1-7,10-19,24-25H,8-9,20-23H2,(H-,40,41,42,43,44,45)/p+1. The topological polar surface area (TPSA) is 116 Å². The second kappa shape index (κ2) is 13.7. The molecule has 7 rings (SSSR count). The lowest BCUT2D eigenvalue weighted by Crippen LogP contribution is -2.36. The number of anilines is 1. The van der Waals surface area contributed by atoms with Crippen molar-refractivity contribution in [2.24, 2.45) is 0 Å². The molecule has 0 spiro atoms. The van der Waals surface area contributed by atoms with Gasteiger partial charge in [-0.2, -0.15) is 21.4 Å². The Bertz CT molecular complexity index is 2490. The number of aryl methyl sites for hydroxylation is 1. The van der Waals surface area contributed by atoms with Crippen molar-refractivity contribution in [3.05, 3.63) is 125 Å². The fourth-order valence-corrected chi connectivity index (χ4v) is 9.62. The van der Waals surface area contributed by atoms with Gasteiger partial charge in [-0.15, -0.1) is 0 Å². The first kappa shape index (κ1) is 33.5. The zero-order valence-electron chi connectivity index (χ0n) is 26.3. The number of thioether (sulfide) groups is 1. The molecule has 250 valence electrons. The van der Waals surface area contributed by atoms with Gasteiger partial charge in [-0.3, -0.25) is 9.11 Å². The summed E-state index contributed by atoms with van der Waals surface area (Å²) in [5.41, 5.74) is 3.90. The summed E-state index contributed by atoms with van der Waals surface area (Å²) in [6, 6.07) is 34.6. The number of hydrogen-bond donors (Lipinski definition) is 2. The number of allylic oxidation sites excluding steroid dienone is 2. The molecule has 0 amide bonds. The lowest BCUT2D eigenvalue weighted by Gasteiger charge is -2.22. The Balaban J connectivity index is 1.39. The van der Waals surface area contributed by atoms with E-state index in [1.807, 2.05) is 54.6 Å². The van der Waals surface area contributed by atoms with Crippen molar-refractivity contribution < 1.29 is 30.5 Å². The van der Waals surface area contributed by atoms with E-state index < -0.39 is 20.2 Å². The van der Waals surface area contributed by atoms with Crippen molar-refractivity contribution >= 4 is 92.4 Å². The summed E-state index contributed by atoms with van der Waals surface area (Å²) in [5, 5.41) is 6.10. The summed E-state index contributed by atoms with van der Waals surface area (Å²) in [6.45, 7) is 0.762. The third kappa shape index (κ3) is 7.45. The first-order chi connectivity index (χ1) is 23.5. The molecule has 1 aliphatic heterocycles. The first-order valence-electron chi connectivity index (χ1n) is 15.7. The molecule has 6 aromatic rings. The maximum absolute atomic E-state index is 11.7. The summed E-state index contributed by atoms with van der Waals surface area (Å²) in [7, 11) is -8.26. The lowest BCUT2D eigenvalue weighted by molar-refractivity contribution is -0.667. The monoisotopic (exact) mass is 729 g/mol. The van der Waals surface area contributed by atoms with Gasteiger partial charge in [0.25, 0.3) is 25.2 Å². The molecule has 0 saturated heterocycles. The molecule has 0 unspecified atom stereocenters. The predicted molar refractivity (Wildman–Crippen MR) is 201 cm³/mol. The predicted octanol–water partition coefficient (Wildman–Crippen LogP) is 8.05. The van der Waals surface area contributed by atoms with Crippen LogP contribution in [0.3, 0.4) is 0 Å². The molecule has 1 aliphatic rings. The molecule has 1 aromatic heterocycles. The van der Waals surface area contributed by atoms with Crippen molar-refractivity contribution in [1.82, 2.24) is 0 Å². The number of thiazole rings is 1. The average Bonchev–Trinajstić information content (AvgIpc) is 3.61. The molecule has 5 aromatic carbocycles. The number of benzene rings is 5. The summed E-state index contributed by atoms with van der Waals surface area (Å²) >= 11 is 3.23. The van der Waals surface area contributed by atoms with E-state index in [1.165, 1.54) is 0 Å². The van der Waals surface area contributed by atoms with Gasteiger partial charge in [-0.1, -0.05) is 108 Å². The van der Waals surface area contributed by atoms with Gasteiger partial charge in [0.05, 0.1) is 27.6 Å². The molecule has 8 nitrogen and oxygen atoms in total. The Morgan fingerprint density at radius 1 is 0.735 bits per heavy atom. The van der Waals surface area contributed by atoms with Gasteiger partial charge >= 0.3 is 0 Å². The van der Waals surface area contributed by atoms with Crippen LogP contribution < -0.4 is 9.47 Å². The van der Waals surface area contributed by atoms with Crippen molar-refractivity contribution in [1.29, 1.82) is 0 Å². The summed E-state index contributed by atoms with van der Waals surface area (Å²) in [4.78, 5) is 3.20. The number of hydrogen-bond acceptors (Lipinski definition) is 7. The number of fused-ring (bicyclic) bond motifs is 6. The van der Waals surface area contributed by atoms with Gasteiger partial charge in [-0.25, -0.2) is 0 Å². The summed E-state index contributed by atoms with van der Waals surface area (Å²) in [6.07, 6.45) is 4.71. The lowest BCUT2D eigenvalue weighted by atomic mass is 10.0. The van der Waals surface area contributed by atoms with E-state index in [-0.39, 0.29) is 24.3 Å². The molecule has 2 N–H and O–H groups in total. The van der Waals surface area contributed by atoms with Crippen LogP contribution in [0.5, 0.6) is 0 Å². The largest absolute Gasteiger partial charge is 0.334 e. The number of nitrogens with zero attached hydrogens (tertiary/aromatic N) is 2. The smallest absolute Gasteiger partial charge is 0.265 e. The summed E-state index contributed by atoms with van der Waals surface area (Å²) < 4.78 is 69.0. The third-order valence-corrected chi connectivity index (χ3v) is 12.3. The van der Waals surface area contributed by atoms with Crippen LogP contribution in [0.2, 0.25) is 0 Å². The molecule has 0 saturated carbocycles. The Kier molecular flexibility index (Phi) is 9.35. The highest BCUT2D eigenvalue weighted by atomic mass is 32.2. The summed E-state index contributed by atoms with van der Waals surface area (Å²) in [5.74, 6) is -0.690. The molecule has 0 radical (unpaired) electrons. The van der Waals surface area contributed by atoms with Gasteiger partial charge in [-0.05, 0) is 52.6 Å². The van der Waals surface area contributed by atoms with E-state index >= 15 is 0 Å². The third-order valence-electron chi connectivity index (χ3n) is 8.46. The zero-order valence-corrected chi connectivity index (χ0v) is 29.5. The van der Waals surface area contributed by atoms with Gasteiger partial charge in [0.1, 0.15) is 4.70 Å². The van der Waals surface area contributed by atoms with E-state index in [4.69, 9.17) is 0 Å². The highest BCUT2D eigenvalue weighted by Gasteiger charge is 2.29. The number of rotatable bonds is 11. The van der Waals surface area contributed by atoms with Crippen LogP contribution in [0, 0.1) is 0 Å². The molecular weight excluding hydrogens is 697 g/mol. The maximum atomic E-state index is 11.7. The van der Waals surface area contributed by atoms with Crippen molar-refractivity contribution in [2.45, 2.75) is 24.3 Å². The molecule has 0 aliphatic carbocycles. The van der Waals surface area contributed by atoms with Crippen LogP contribution in [0.15, 0.2) is 119 Å². The van der Waals surface area contributed by atoms with Crippen LogP contribution in [0.4, 0.5) is 5.69 Å². The molecule has 0 atom stereocenters. The fraction of sp³-hybridized carbons (Fsp3) is 0.162. The van der Waals surface area contributed by atoms with Crippen molar-refractivity contribution in [3.63, 3.8) is 0 Å². The Labute approximate surface area is 293 Å². The highest BCUT2D eigenvalue weighted by Crippen LogP contribution is 2.50. The minimum atomic E-state index is -4.13. The number of aromatic nitrogens is 1. The van der Waals surface area contributed by atoms with Crippen LogP contribution >= 0.6 is 23.1 Å². The van der Waals surface area contributed by atoms with Crippen LogP contribution in [0.1, 0.15) is 23.4 Å². The van der Waals surface area contributed by atoms with Crippen molar-refractivity contribution in [2.75, 3.05) is 23.0 Å². The zero-order chi connectivity index (χ0) is 34.2. The SMILES string of the molecule is O=S(=O)(O)CCCN1C(=CC(=Cc2sc3ccc4ccccc4c3[n+]2CCCS(=O)(=O)O)c2ccccc2)Sc2ccc3ccccc3c21. The Morgan fingerprint density at radius 2 is 1.37 bits per heavy atom. The van der Waals surface area contributed by atoms with Gasteiger partial charge < -0.3 is 4.90 Å². The van der Waals surface area contributed by atoms with Crippen LogP contribution in [-0.4, -0.2) is 44.0 Å². The molecule has 49 heavy (non-hydrogen) atoms. The van der Waals surface area contributed by atoms with E-state index in [1.54, 1.807) is 23.1 Å². The Hall–Kier alpha value is -4.04. The van der Waals surface area contributed by atoms with Gasteiger partial charge in [0, 0.05) is 29.3 Å². The maximum Gasteiger partial charge on any atom is 0.265 e. The fourth-order valence-electron chi connectivity index (χ4n) is 6.32. The second-order valence-electron chi connectivity index (χ2n) is 11.8. The van der Waals surface area contributed by atoms with Crippen LogP contribution in [-0.2, 0) is 26.8 Å². The Morgan fingerprint density at radius 3 is 2.10 bits per heavy atom. The highest BCUT2D eigenvalue weighted by molar-refractivity contribution is 8.03. The average molecular weight is 730 g/mol. The van der Waals surface area contributed by atoms with Gasteiger partial charge in [0.15, 0.2) is 6.54 Å². The second-order valence-corrected chi connectivity index (χ2v) is 17.1. The van der Waals surface area contributed by atoms with E-state index in [0.29, 0.717) is 13.1 Å². The first-order valence-corrected chi connectivity index (χ1v) is 20.6. The van der Waals surface area contributed by atoms with Crippen molar-refractivity contribution in [3.8, 4) is 0 Å².